The standard InChI is InChI=1S/C22H32N4O4S2/c1-3-4-5-6-7-8-16-32(28,29)26-15-9-10-19(26)20(27)23-22-25-24-21(31-22)17-11-13-18(30-2)14-12-17/h11-14,19H,3-10,15-16H2,1-2H3,(H,23,25,27). The monoisotopic (exact) mass is 480 g/mol. The number of amides is 1. The number of methoxy groups -OCH3 is 1. The largest absolute Gasteiger partial charge is 0.497 e. The van der Waals surface area contributed by atoms with Crippen molar-refractivity contribution in [1.29, 1.82) is 0 Å². The van der Waals surface area contributed by atoms with Crippen LogP contribution in [0.15, 0.2) is 24.3 Å². The summed E-state index contributed by atoms with van der Waals surface area (Å²) in [6.07, 6.45) is 7.30. The molecule has 8 nitrogen and oxygen atoms in total. The van der Waals surface area contributed by atoms with Crippen LogP contribution in [0.2, 0.25) is 0 Å². The number of ether oxygens (including phenoxy) is 1. The Kier molecular flexibility index (Phi) is 9.01. The van der Waals surface area contributed by atoms with Crippen molar-refractivity contribution in [3.05, 3.63) is 24.3 Å². The molecular weight excluding hydrogens is 448 g/mol. The van der Waals surface area contributed by atoms with Crippen molar-refractivity contribution < 1.29 is 17.9 Å². The molecule has 1 atom stereocenters. The van der Waals surface area contributed by atoms with Gasteiger partial charge in [0.1, 0.15) is 16.8 Å². The second kappa shape index (κ2) is 11.7. The van der Waals surface area contributed by atoms with Gasteiger partial charge in [-0.25, -0.2) is 8.42 Å². The molecule has 1 aliphatic rings. The quantitative estimate of drug-likeness (QED) is 0.454. The first-order valence-electron chi connectivity index (χ1n) is 11.2. The predicted octanol–water partition coefficient (Wildman–Crippen LogP) is 4.31. The SMILES string of the molecule is CCCCCCCCS(=O)(=O)N1CCCC1C(=O)Nc1nnc(-c2ccc(OC)cc2)s1. The summed E-state index contributed by atoms with van der Waals surface area (Å²) in [4.78, 5) is 12.9. The van der Waals surface area contributed by atoms with Crippen molar-refractivity contribution >= 4 is 32.4 Å². The van der Waals surface area contributed by atoms with Gasteiger partial charge in [0, 0.05) is 12.1 Å². The van der Waals surface area contributed by atoms with Crippen molar-refractivity contribution in [2.24, 2.45) is 0 Å². The van der Waals surface area contributed by atoms with E-state index in [4.69, 9.17) is 4.74 Å². The minimum atomic E-state index is -3.46. The Morgan fingerprint density at radius 1 is 1.16 bits per heavy atom. The zero-order valence-corrected chi connectivity index (χ0v) is 20.4. The van der Waals surface area contributed by atoms with Gasteiger partial charge in [-0.1, -0.05) is 50.4 Å². The summed E-state index contributed by atoms with van der Waals surface area (Å²) >= 11 is 1.26. The zero-order chi connectivity index (χ0) is 23.0. The van der Waals surface area contributed by atoms with Gasteiger partial charge >= 0.3 is 0 Å². The van der Waals surface area contributed by atoms with Crippen LogP contribution in [-0.2, 0) is 14.8 Å². The summed E-state index contributed by atoms with van der Waals surface area (Å²) in [6, 6.07) is 6.73. The molecule has 1 fully saturated rings. The van der Waals surface area contributed by atoms with Crippen LogP contribution in [0.25, 0.3) is 10.6 Å². The summed E-state index contributed by atoms with van der Waals surface area (Å²) in [7, 11) is -1.85. The maximum Gasteiger partial charge on any atom is 0.244 e. The molecule has 10 heteroatoms. The molecule has 32 heavy (non-hydrogen) atoms. The highest BCUT2D eigenvalue weighted by Gasteiger charge is 2.38. The number of benzene rings is 1. The Morgan fingerprint density at radius 3 is 2.59 bits per heavy atom. The van der Waals surface area contributed by atoms with Crippen LogP contribution in [0.4, 0.5) is 5.13 Å². The third-order valence-corrected chi connectivity index (χ3v) is 8.46. The Morgan fingerprint density at radius 2 is 1.88 bits per heavy atom. The minimum absolute atomic E-state index is 0.101. The van der Waals surface area contributed by atoms with E-state index < -0.39 is 16.1 Å². The van der Waals surface area contributed by atoms with E-state index >= 15 is 0 Å². The molecular formula is C22H32N4O4S2. The highest BCUT2D eigenvalue weighted by atomic mass is 32.2. The fourth-order valence-corrected chi connectivity index (χ4v) is 6.38. The predicted molar refractivity (Wildman–Crippen MR) is 127 cm³/mol. The third kappa shape index (κ3) is 6.49. The molecule has 0 radical (unpaired) electrons. The fourth-order valence-electron chi connectivity index (χ4n) is 3.83. The fraction of sp³-hybridized carbons (Fsp3) is 0.591. The van der Waals surface area contributed by atoms with Gasteiger partial charge in [0.25, 0.3) is 0 Å². The Hall–Kier alpha value is -2.04. The average Bonchev–Trinajstić information content (AvgIpc) is 3.46. The number of nitrogens with zero attached hydrogens (tertiary/aromatic N) is 3. The van der Waals surface area contributed by atoms with E-state index in [1.165, 1.54) is 28.5 Å². The lowest BCUT2D eigenvalue weighted by atomic mass is 10.1. The van der Waals surface area contributed by atoms with Crippen molar-refractivity contribution in [2.45, 2.75) is 64.3 Å². The molecule has 1 unspecified atom stereocenters. The van der Waals surface area contributed by atoms with E-state index in [2.05, 4.69) is 22.4 Å². The van der Waals surface area contributed by atoms with Crippen molar-refractivity contribution in [3.8, 4) is 16.3 Å². The van der Waals surface area contributed by atoms with E-state index in [0.717, 1.165) is 30.6 Å². The number of sulfonamides is 1. The number of anilines is 1. The van der Waals surface area contributed by atoms with Gasteiger partial charge in [-0.05, 0) is 43.5 Å². The first-order chi connectivity index (χ1) is 15.4. The van der Waals surface area contributed by atoms with Gasteiger partial charge in [0.15, 0.2) is 0 Å². The molecule has 1 N–H and O–H groups in total. The first-order valence-corrected chi connectivity index (χ1v) is 13.7. The van der Waals surface area contributed by atoms with Gasteiger partial charge in [0.2, 0.25) is 21.1 Å². The number of carbonyl (C=O) groups is 1. The van der Waals surface area contributed by atoms with Crippen LogP contribution in [0.3, 0.4) is 0 Å². The van der Waals surface area contributed by atoms with Gasteiger partial charge < -0.3 is 4.74 Å². The average molecular weight is 481 g/mol. The molecule has 0 saturated carbocycles. The Bertz CT molecular complexity index is 976. The van der Waals surface area contributed by atoms with E-state index in [-0.39, 0.29) is 11.7 Å². The first kappa shape index (κ1) is 24.6. The number of unbranched alkanes of at least 4 members (excludes halogenated alkanes) is 5. The van der Waals surface area contributed by atoms with Crippen molar-refractivity contribution in [2.75, 3.05) is 24.7 Å². The number of nitrogens with one attached hydrogen (secondary N) is 1. The molecule has 1 aromatic heterocycles. The molecule has 1 aromatic carbocycles. The van der Waals surface area contributed by atoms with E-state index in [9.17, 15) is 13.2 Å². The lowest BCUT2D eigenvalue weighted by molar-refractivity contribution is -0.119. The number of carbonyl (C=O) groups excluding carboxylic acids is 1. The molecule has 2 heterocycles. The number of aromatic nitrogens is 2. The number of hydrogen-bond acceptors (Lipinski definition) is 7. The third-order valence-electron chi connectivity index (χ3n) is 5.61. The molecule has 1 amide bonds. The van der Waals surface area contributed by atoms with Crippen LogP contribution in [0.1, 0.15) is 58.3 Å². The van der Waals surface area contributed by atoms with Crippen molar-refractivity contribution in [1.82, 2.24) is 14.5 Å². The number of hydrogen-bond donors (Lipinski definition) is 1. The normalized spacial score (nSPS) is 16.9. The summed E-state index contributed by atoms with van der Waals surface area (Å²) in [5, 5.41) is 12.0. The van der Waals surface area contributed by atoms with Crippen LogP contribution in [-0.4, -0.2) is 54.3 Å². The number of rotatable bonds is 12. The van der Waals surface area contributed by atoms with Crippen LogP contribution < -0.4 is 10.1 Å². The molecule has 3 rings (SSSR count). The van der Waals surface area contributed by atoms with Crippen molar-refractivity contribution in [3.63, 3.8) is 0 Å². The molecule has 1 saturated heterocycles. The zero-order valence-electron chi connectivity index (χ0n) is 18.7. The maximum atomic E-state index is 12.9. The summed E-state index contributed by atoms with van der Waals surface area (Å²) < 4.78 is 32.2. The maximum absolute atomic E-state index is 12.9. The Labute approximate surface area is 194 Å². The summed E-state index contributed by atoms with van der Waals surface area (Å²) in [6.45, 7) is 2.55. The molecule has 1 aliphatic heterocycles. The van der Waals surface area contributed by atoms with Crippen LogP contribution in [0.5, 0.6) is 5.75 Å². The summed E-state index contributed by atoms with van der Waals surface area (Å²) in [5.41, 5.74) is 0.868. The lowest BCUT2D eigenvalue weighted by Crippen LogP contribution is -2.44. The van der Waals surface area contributed by atoms with E-state index in [0.29, 0.717) is 35.9 Å². The Balaban J connectivity index is 1.56. The summed E-state index contributed by atoms with van der Waals surface area (Å²) in [5.74, 6) is 0.505. The molecule has 2 aromatic rings. The molecule has 0 spiro atoms. The smallest absolute Gasteiger partial charge is 0.244 e. The van der Waals surface area contributed by atoms with Gasteiger partial charge in [-0.3, -0.25) is 10.1 Å². The lowest BCUT2D eigenvalue weighted by Gasteiger charge is -2.22. The van der Waals surface area contributed by atoms with Gasteiger partial charge in [0.05, 0.1) is 12.9 Å². The van der Waals surface area contributed by atoms with E-state index in [1.54, 1.807) is 7.11 Å². The van der Waals surface area contributed by atoms with Crippen LogP contribution >= 0.6 is 11.3 Å². The van der Waals surface area contributed by atoms with E-state index in [1.807, 2.05) is 24.3 Å². The highest BCUT2D eigenvalue weighted by Crippen LogP contribution is 2.29. The molecule has 176 valence electrons. The second-order valence-electron chi connectivity index (χ2n) is 7.98. The molecule has 0 bridgehead atoms. The topological polar surface area (TPSA) is 101 Å². The highest BCUT2D eigenvalue weighted by molar-refractivity contribution is 7.89. The molecule has 0 aliphatic carbocycles. The van der Waals surface area contributed by atoms with Gasteiger partial charge in [-0.2, -0.15) is 4.31 Å². The second-order valence-corrected chi connectivity index (χ2v) is 11.0. The van der Waals surface area contributed by atoms with Gasteiger partial charge in [-0.15, -0.1) is 10.2 Å². The van der Waals surface area contributed by atoms with Crippen LogP contribution in [0, 0.1) is 0 Å². The minimum Gasteiger partial charge on any atom is -0.497 e.